The molecule has 90 valence electrons. The zero-order valence-corrected chi connectivity index (χ0v) is 11.2. The van der Waals surface area contributed by atoms with Crippen LogP contribution in [0.5, 0.6) is 5.75 Å². The molecule has 0 aliphatic carbocycles. The minimum Gasteiger partial charge on any atom is -0.495 e. The van der Waals surface area contributed by atoms with Crippen LogP contribution < -0.4 is 4.74 Å². The van der Waals surface area contributed by atoms with E-state index in [0.717, 1.165) is 5.56 Å². The number of rotatable bonds is 2. The quantitative estimate of drug-likeness (QED) is 0.799. The van der Waals surface area contributed by atoms with Gasteiger partial charge in [-0.15, -0.1) is 0 Å². The Morgan fingerprint density at radius 2 is 1.75 bits per heavy atom. The molecule has 0 saturated heterocycles. The molecule has 0 heterocycles. The second-order valence-electron chi connectivity index (χ2n) is 4.89. The van der Waals surface area contributed by atoms with Gasteiger partial charge in [-0.2, -0.15) is 0 Å². The topological polar surface area (TPSA) is 43.4 Å². The molecule has 0 amide bonds. The Kier molecular flexibility index (Phi) is 3.33. The van der Waals surface area contributed by atoms with Gasteiger partial charge in [0.2, 0.25) is 0 Å². The normalized spacial score (nSPS) is 12.6. The fourth-order valence-electron chi connectivity index (χ4n) is 1.44. The van der Waals surface area contributed by atoms with E-state index in [2.05, 4.69) is 20.8 Å². The summed E-state index contributed by atoms with van der Waals surface area (Å²) >= 11 is 0. The summed E-state index contributed by atoms with van der Waals surface area (Å²) in [5, 5.41) is 0. The van der Waals surface area contributed by atoms with Crippen LogP contribution in [0.15, 0.2) is 23.1 Å². The van der Waals surface area contributed by atoms with Crippen LogP contribution in [-0.2, 0) is 15.3 Å². The first-order chi connectivity index (χ1) is 7.16. The van der Waals surface area contributed by atoms with Gasteiger partial charge in [-0.05, 0) is 23.1 Å². The van der Waals surface area contributed by atoms with Gasteiger partial charge in [0.1, 0.15) is 10.6 Å². The van der Waals surface area contributed by atoms with E-state index in [4.69, 9.17) is 4.74 Å². The summed E-state index contributed by atoms with van der Waals surface area (Å²) in [4.78, 5) is 0.239. The lowest BCUT2D eigenvalue weighted by Gasteiger charge is -2.20. The van der Waals surface area contributed by atoms with Crippen molar-refractivity contribution < 1.29 is 13.2 Å². The number of sulfone groups is 1. The largest absolute Gasteiger partial charge is 0.495 e. The van der Waals surface area contributed by atoms with Crippen molar-refractivity contribution in [2.24, 2.45) is 0 Å². The van der Waals surface area contributed by atoms with Crippen LogP contribution in [0.4, 0.5) is 0 Å². The predicted octanol–water partition coefficient (Wildman–Crippen LogP) is 2.40. The van der Waals surface area contributed by atoms with Crippen LogP contribution in [0.2, 0.25) is 0 Å². The van der Waals surface area contributed by atoms with E-state index in [1.807, 2.05) is 6.07 Å². The van der Waals surface area contributed by atoms with Gasteiger partial charge in [-0.1, -0.05) is 26.8 Å². The average Bonchev–Trinajstić information content (AvgIpc) is 2.14. The fourth-order valence-corrected chi connectivity index (χ4v) is 2.26. The van der Waals surface area contributed by atoms with Crippen LogP contribution in [0.1, 0.15) is 26.3 Å². The Hall–Kier alpha value is -1.03. The van der Waals surface area contributed by atoms with Crippen LogP contribution >= 0.6 is 0 Å². The van der Waals surface area contributed by atoms with Crippen molar-refractivity contribution in [2.75, 3.05) is 13.4 Å². The molecule has 0 aliphatic rings. The van der Waals surface area contributed by atoms with Crippen LogP contribution in [0.25, 0.3) is 0 Å². The van der Waals surface area contributed by atoms with Gasteiger partial charge in [0.05, 0.1) is 7.11 Å². The second kappa shape index (κ2) is 4.09. The van der Waals surface area contributed by atoms with Crippen molar-refractivity contribution in [3.8, 4) is 5.75 Å². The van der Waals surface area contributed by atoms with E-state index in [9.17, 15) is 8.42 Å². The molecule has 0 saturated carbocycles. The summed E-state index contributed by atoms with van der Waals surface area (Å²) in [5.41, 5.74) is 1.03. The molecule has 16 heavy (non-hydrogen) atoms. The standard InChI is InChI=1S/C12H18O3S/c1-12(2,3)9-6-7-11(16(5,13)14)10(8-9)15-4/h6-8H,1-5H3. The highest BCUT2D eigenvalue weighted by atomic mass is 32.2. The Balaban J connectivity index is 3.40. The lowest BCUT2D eigenvalue weighted by Crippen LogP contribution is -2.12. The number of benzene rings is 1. The average molecular weight is 242 g/mol. The van der Waals surface area contributed by atoms with Crippen molar-refractivity contribution in [1.29, 1.82) is 0 Å². The Morgan fingerprint density at radius 3 is 2.12 bits per heavy atom. The molecule has 1 rings (SSSR count). The number of hydrogen-bond acceptors (Lipinski definition) is 3. The van der Waals surface area contributed by atoms with E-state index in [1.165, 1.54) is 13.4 Å². The molecular formula is C12H18O3S. The van der Waals surface area contributed by atoms with Crippen molar-refractivity contribution in [1.82, 2.24) is 0 Å². The first-order valence-electron chi connectivity index (χ1n) is 5.05. The minimum atomic E-state index is -3.23. The van der Waals surface area contributed by atoms with Crippen LogP contribution in [0, 0.1) is 0 Å². The molecule has 0 aromatic heterocycles. The molecule has 1 aromatic carbocycles. The van der Waals surface area contributed by atoms with Gasteiger partial charge in [0.15, 0.2) is 9.84 Å². The van der Waals surface area contributed by atoms with E-state index < -0.39 is 9.84 Å². The van der Waals surface area contributed by atoms with Crippen molar-refractivity contribution in [3.05, 3.63) is 23.8 Å². The third-order valence-corrected chi connectivity index (χ3v) is 3.57. The number of hydrogen-bond donors (Lipinski definition) is 0. The lowest BCUT2D eigenvalue weighted by molar-refractivity contribution is 0.400. The number of ether oxygens (including phenoxy) is 1. The van der Waals surface area contributed by atoms with Gasteiger partial charge >= 0.3 is 0 Å². The third-order valence-electron chi connectivity index (χ3n) is 2.43. The molecule has 1 aromatic rings. The van der Waals surface area contributed by atoms with Crippen molar-refractivity contribution in [2.45, 2.75) is 31.1 Å². The maximum absolute atomic E-state index is 11.5. The monoisotopic (exact) mass is 242 g/mol. The molecule has 0 atom stereocenters. The molecule has 4 heteroatoms. The lowest BCUT2D eigenvalue weighted by atomic mass is 9.87. The molecule has 0 unspecified atom stereocenters. The molecule has 3 nitrogen and oxygen atoms in total. The van der Waals surface area contributed by atoms with Crippen LogP contribution in [0.3, 0.4) is 0 Å². The molecular weight excluding hydrogens is 224 g/mol. The van der Waals surface area contributed by atoms with E-state index in [-0.39, 0.29) is 10.3 Å². The molecule has 0 radical (unpaired) electrons. The highest BCUT2D eigenvalue weighted by Crippen LogP contribution is 2.30. The summed E-state index contributed by atoms with van der Waals surface area (Å²) in [6.45, 7) is 6.21. The Morgan fingerprint density at radius 1 is 1.19 bits per heavy atom. The van der Waals surface area contributed by atoms with Gasteiger partial charge in [-0.25, -0.2) is 8.42 Å². The van der Waals surface area contributed by atoms with Crippen molar-refractivity contribution in [3.63, 3.8) is 0 Å². The summed E-state index contributed by atoms with van der Waals surface area (Å²) in [6, 6.07) is 5.23. The molecule has 0 fully saturated rings. The van der Waals surface area contributed by atoms with Gasteiger partial charge in [-0.3, -0.25) is 0 Å². The predicted molar refractivity (Wildman–Crippen MR) is 64.8 cm³/mol. The maximum atomic E-state index is 11.5. The SMILES string of the molecule is COc1cc(C(C)(C)C)ccc1S(C)(=O)=O. The molecule has 0 bridgehead atoms. The fraction of sp³-hybridized carbons (Fsp3) is 0.500. The van der Waals surface area contributed by atoms with E-state index >= 15 is 0 Å². The van der Waals surface area contributed by atoms with E-state index in [0.29, 0.717) is 5.75 Å². The van der Waals surface area contributed by atoms with Crippen LogP contribution in [-0.4, -0.2) is 21.8 Å². The van der Waals surface area contributed by atoms with Gasteiger partial charge in [0.25, 0.3) is 0 Å². The summed E-state index contributed by atoms with van der Waals surface area (Å²) in [6.07, 6.45) is 1.18. The zero-order chi connectivity index (χ0) is 12.6. The highest BCUT2D eigenvalue weighted by molar-refractivity contribution is 7.90. The molecule has 0 aliphatic heterocycles. The Labute approximate surface area is 97.4 Å². The Bertz CT molecular complexity index is 481. The maximum Gasteiger partial charge on any atom is 0.179 e. The summed E-state index contributed by atoms with van der Waals surface area (Å²) in [7, 11) is -1.75. The summed E-state index contributed by atoms with van der Waals surface area (Å²) in [5.74, 6) is 0.412. The third kappa shape index (κ3) is 2.76. The van der Waals surface area contributed by atoms with Gasteiger partial charge in [0, 0.05) is 6.26 Å². The van der Waals surface area contributed by atoms with E-state index in [1.54, 1.807) is 12.1 Å². The van der Waals surface area contributed by atoms with Crippen molar-refractivity contribution >= 4 is 9.84 Å². The van der Waals surface area contributed by atoms with Gasteiger partial charge < -0.3 is 4.74 Å². The number of methoxy groups -OCH3 is 1. The second-order valence-corrected chi connectivity index (χ2v) is 6.87. The zero-order valence-electron chi connectivity index (χ0n) is 10.4. The first-order valence-corrected chi connectivity index (χ1v) is 6.94. The highest BCUT2D eigenvalue weighted by Gasteiger charge is 2.19. The molecule has 0 spiro atoms. The first kappa shape index (κ1) is 13.0. The molecule has 0 N–H and O–H groups in total. The summed E-state index contributed by atoms with van der Waals surface area (Å²) < 4.78 is 28.1. The minimum absolute atomic E-state index is 0.0245. The smallest absolute Gasteiger partial charge is 0.179 e.